The van der Waals surface area contributed by atoms with Crippen LogP contribution in [0.15, 0.2) is 23.2 Å². The summed E-state index contributed by atoms with van der Waals surface area (Å²) in [6.45, 7) is 9.06. The highest BCUT2D eigenvalue weighted by atomic mass is 35.5. The van der Waals surface area contributed by atoms with Gasteiger partial charge in [0.2, 0.25) is 5.91 Å². The number of hydrogen-bond donors (Lipinski definition) is 3. The van der Waals surface area contributed by atoms with Crippen molar-refractivity contribution in [1.82, 2.24) is 16.0 Å². The molecule has 0 atom stereocenters. The monoisotopic (exact) mass is 354 g/mol. The number of aliphatic imine (C=N–C) groups is 1. The van der Waals surface area contributed by atoms with Crippen molar-refractivity contribution in [1.29, 1.82) is 0 Å². The van der Waals surface area contributed by atoms with E-state index >= 15 is 0 Å². The van der Waals surface area contributed by atoms with Crippen LogP contribution in [-0.4, -0.2) is 37.6 Å². The number of benzene rings is 1. The number of nitrogens with one attached hydrogen (secondary N) is 3. The van der Waals surface area contributed by atoms with Crippen LogP contribution in [0, 0.1) is 0 Å². The fourth-order valence-electron chi connectivity index (χ4n) is 1.98. The van der Waals surface area contributed by atoms with Gasteiger partial charge < -0.3 is 20.7 Å². The van der Waals surface area contributed by atoms with Gasteiger partial charge >= 0.3 is 0 Å². The summed E-state index contributed by atoms with van der Waals surface area (Å²) in [6, 6.07) is 5.43. The van der Waals surface area contributed by atoms with Crippen LogP contribution in [0.5, 0.6) is 5.75 Å². The largest absolute Gasteiger partial charge is 0.496 e. The molecule has 1 aromatic rings. The van der Waals surface area contributed by atoms with E-state index < -0.39 is 0 Å². The Morgan fingerprint density at radius 2 is 2.00 bits per heavy atom. The molecule has 3 N–H and O–H groups in total. The standard InChI is InChI=1S/C17H27ClN4O2/c1-6-19-16(21-11-15(23)22-17(2,3)4)20-10-12-7-8-13(18)9-14(12)24-5/h7-9H,6,10-11H2,1-5H3,(H,22,23)(H2,19,20,21). The minimum Gasteiger partial charge on any atom is -0.496 e. The van der Waals surface area contributed by atoms with Gasteiger partial charge in [-0.25, -0.2) is 4.99 Å². The lowest BCUT2D eigenvalue weighted by Crippen LogP contribution is -2.48. The van der Waals surface area contributed by atoms with E-state index in [0.29, 0.717) is 29.8 Å². The molecule has 0 saturated heterocycles. The van der Waals surface area contributed by atoms with Gasteiger partial charge in [-0.15, -0.1) is 0 Å². The number of amides is 1. The molecule has 0 bridgehead atoms. The molecule has 1 rings (SSSR count). The minimum atomic E-state index is -0.259. The lowest BCUT2D eigenvalue weighted by Gasteiger charge is -2.21. The maximum atomic E-state index is 11.9. The van der Waals surface area contributed by atoms with Gasteiger partial charge in [0.05, 0.1) is 20.2 Å². The summed E-state index contributed by atoms with van der Waals surface area (Å²) in [4.78, 5) is 16.4. The third-order valence-corrected chi connectivity index (χ3v) is 3.17. The van der Waals surface area contributed by atoms with Crippen molar-refractivity contribution < 1.29 is 9.53 Å². The third kappa shape index (κ3) is 7.55. The number of ether oxygens (including phenoxy) is 1. The number of hydrogen-bond acceptors (Lipinski definition) is 3. The lowest BCUT2D eigenvalue weighted by atomic mass is 10.1. The van der Waals surface area contributed by atoms with Crippen LogP contribution in [0.3, 0.4) is 0 Å². The van der Waals surface area contributed by atoms with Gasteiger partial charge in [0.15, 0.2) is 5.96 Å². The van der Waals surface area contributed by atoms with Crippen LogP contribution < -0.4 is 20.7 Å². The van der Waals surface area contributed by atoms with Crippen molar-refractivity contribution in [3.63, 3.8) is 0 Å². The molecule has 0 heterocycles. The highest BCUT2D eigenvalue weighted by molar-refractivity contribution is 6.30. The first-order chi connectivity index (χ1) is 11.2. The molecular formula is C17H27ClN4O2. The van der Waals surface area contributed by atoms with E-state index in [1.165, 1.54) is 0 Å². The number of guanidine groups is 1. The Bertz CT molecular complexity index is 582. The van der Waals surface area contributed by atoms with E-state index in [9.17, 15) is 4.79 Å². The fraction of sp³-hybridized carbons (Fsp3) is 0.529. The van der Waals surface area contributed by atoms with E-state index in [4.69, 9.17) is 16.3 Å². The normalized spacial score (nSPS) is 11.8. The first-order valence-electron chi connectivity index (χ1n) is 7.90. The topological polar surface area (TPSA) is 74.8 Å². The van der Waals surface area contributed by atoms with E-state index in [1.54, 1.807) is 19.2 Å². The zero-order chi connectivity index (χ0) is 18.2. The maximum Gasteiger partial charge on any atom is 0.239 e. The number of methoxy groups -OCH3 is 1. The summed E-state index contributed by atoms with van der Waals surface area (Å²) in [5.74, 6) is 1.17. The van der Waals surface area contributed by atoms with Crippen molar-refractivity contribution in [2.24, 2.45) is 4.99 Å². The first kappa shape index (κ1) is 20.1. The second-order valence-electron chi connectivity index (χ2n) is 6.30. The number of carbonyl (C=O) groups is 1. The molecule has 0 saturated carbocycles. The highest BCUT2D eigenvalue weighted by Gasteiger charge is 2.13. The molecule has 0 fully saturated rings. The second kappa shape index (κ2) is 9.37. The third-order valence-electron chi connectivity index (χ3n) is 2.93. The molecule has 134 valence electrons. The Morgan fingerprint density at radius 3 is 2.58 bits per heavy atom. The zero-order valence-corrected chi connectivity index (χ0v) is 15.8. The average Bonchev–Trinajstić information content (AvgIpc) is 2.49. The van der Waals surface area contributed by atoms with Crippen molar-refractivity contribution >= 4 is 23.5 Å². The molecule has 0 unspecified atom stereocenters. The summed E-state index contributed by atoms with van der Waals surface area (Å²) in [6.07, 6.45) is 0. The van der Waals surface area contributed by atoms with E-state index in [1.807, 2.05) is 33.8 Å². The van der Waals surface area contributed by atoms with Gasteiger partial charge in [0.1, 0.15) is 5.75 Å². The van der Waals surface area contributed by atoms with Gasteiger partial charge in [-0.2, -0.15) is 0 Å². The molecule has 1 aromatic carbocycles. The molecule has 0 aliphatic heterocycles. The van der Waals surface area contributed by atoms with Crippen molar-refractivity contribution in [2.45, 2.75) is 39.8 Å². The molecule has 24 heavy (non-hydrogen) atoms. The smallest absolute Gasteiger partial charge is 0.239 e. The Morgan fingerprint density at radius 1 is 1.29 bits per heavy atom. The number of halogens is 1. The Labute approximate surface area is 149 Å². The fourth-order valence-corrected chi connectivity index (χ4v) is 2.14. The quantitative estimate of drug-likeness (QED) is 0.541. The molecule has 0 aliphatic carbocycles. The summed E-state index contributed by atoms with van der Waals surface area (Å²) in [5.41, 5.74) is 0.656. The molecule has 6 nitrogen and oxygen atoms in total. The van der Waals surface area contributed by atoms with Gasteiger partial charge in [0, 0.05) is 22.7 Å². The molecule has 0 aliphatic rings. The predicted octanol–water partition coefficient (Wildman–Crippen LogP) is 2.32. The van der Waals surface area contributed by atoms with E-state index in [-0.39, 0.29) is 18.0 Å². The van der Waals surface area contributed by atoms with Gasteiger partial charge in [0.25, 0.3) is 0 Å². The summed E-state index contributed by atoms with van der Waals surface area (Å²) in [5, 5.41) is 9.64. The minimum absolute atomic E-state index is 0.0859. The van der Waals surface area contributed by atoms with E-state index in [0.717, 1.165) is 5.56 Å². The second-order valence-corrected chi connectivity index (χ2v) is 6.74. The number of rotatable bonds is 6. The molecule has 7 heteroatoms. The average molecular weight is 355 g/mol. The van der Waals surface area contributed by atoms with Gasteiger partial charge in [-0.05, 0) is 39.8 Å². The van der Waals surface area contributed by atoms with Crippen LogP contribution in [0.25, 0.3) is 0 Å². The molecule has 0 spiro atoms. The number of carbonyl (C=O) groups excluding carboxylic acids is 1. The SMILES string of the molecule is CCNC(=NCc1ccc(Cl)cc1OC)NCC(=O)NC(C)(C)C. The molecule has 0 aromatic heterocycles. The van der Waals surface area contributed by atoms with Crippen molar-refractivity contribution in [2.75, 3.05) is 20.2 Å². The van der Waals surface area contributed by atoms with Crippen LogP contribution in [0.1, 0.15) is 33.3 Å². The Kier molecular flexibility index (Phi) is 7.85. The summed E-state index contributed by atoms with van der Waals surface area (Å²) >= 11 is 5.96. The van der Waals surface area contributed by atoms with Crippen molar-refractivity contribution in [3.8, 4) is 5.75 Å². The first-order valence-corrected chi connectivity index (χ1v) is 8.28. The van der Waals surface area contributed by atoms with E-state index in [2.05, 4.69) is 20.9 Å². The predicted molar refractivity (Wildman–Crippen MR) is 98.7 cm³/mol. The Hall–Kier alpha value is -1.95. The van der Waals surface area contributed by atoms with Crippen LogP contribution >= 0.6 is 11.6 Å². The number of nitrogens with zero attached hydrogens (tertiary/aromatic N) is 1. The summed E-state index contributed by atoms with van der Waals surface area (Å²) in [7, 11) is 1.60. The molecular weight excluding hydrogens is 328 g/mol. The lowest BCUT2D eigenvalue weighted by molar-refractivity contribution is -0.121. The van der Waals surface area contributed by atoms with Crippen LogP contribution in [0.4, 0.5) is 0 Å². The Balaban J connectivity index is 2.71. The maximum absolute atomic E-state index is 11.9. The van der Waals surface area contributed by atoms with Crippen LogP contribution in [-0.2, 0) is 11.3 Å². The van der Waals surface area contributed by atoms with Crippen molar-refractivity contribution in [3.05, 3.63) is 28.8 Å². The van der Waals surface area contributed by atoms with Gasteiger partial charge in [-0.3, -0.25) is 4.79 Å². The molecule has 0 radical (unpaired) electrons. The summed E-state index contributed by atoms with van der Waals surface area (Å²) < 4.78 is 5.31. The highest BCUT2D eigenvalue weighted by Crippen LogP contribution is 2.23. The van der Waals surface area contributed by atoms with Gasteiger partial charge in [-0.1, -0.05) is 17.7 Å². The van der Waals surface area contributed by atoms with Crippen LogP contribution in [0.2, 0.25) is 5.02 Å². The molecule has 1 amide bonds. The zero-order valence-electron chi connectivity index (χ0n) is 15.0.